The molecule has 4 nitrogen and oxygen atoms in total. The zero-order chi connectivity index (χ0) is 14.3. The lowest BCUT2D eigenvalue weighted by atomic mass is 10.2. The minimum Gasteiger partial charge on any atom is -0.496 e. The maximum Gasteiger partial charge on any atom is 0.236 e. The maximum absolute atomic E-state index is 12.0. The van der Waals surface area contributed by atoms with Gasteiger partial charge in [0.05, 0.1) is 13.7 Å². The summed E-state index contributed by atoms with van der Waals surface area (Å²) in [5.74, 6) is 0.906. The number of amides is 1. The highest BCUT2D eigenvalue weighted by molar-refractivity contribution is 5.78. The van der Waals surface area contributed by atoms with E-state index in [-0.39, 0.29) is 5.91 Å². The lowest BCUT2D eigenvalue weighted by molar-refractivity contribution is -0.129. The van der Waals surface area contributed by atoms with E-state index in [2.05, 4.69) is 19.2 Å². The Morgan fingerprint density at radius 2 is 2.11 bits per heavy atom. The fourth-order valence-corrected chi connectivity index (χ4v) is 1.72. The first kappa shape index (κ1) is 15.5. The van der Waals surface area contributed by atoms with Gasteiger partial charge in [0.1, 0.15) is 5.75 Å². The average molecular weight is 264 g/mol. The molecule has 0 fully saturated rings. The first-order valence-corrected chi connectivity index (χ1v) is 6.67. The molecule has 1 N–H and O–H groups in total. The van der Waals surface area contributed by atoms with Crippen molar-refractivity contribution in [1.29, 1.82) is 0 Å². The van der Waals surface area contributed by atoms with Gasteiger partial charge < -0.3 is 15.0 Å². The minimum atomic E-state index is 0.0891. The van der Waals surface area contributed by atoms with E-state index in [1.807, 2.05) is 31.3 Å². The van der Waals surface area contributed by atoms with Gasteiger partial charge in [-0.15, -0.1) is 0 Å². The van der Waals surface area contributed by atoms with Gasteiger partial charge in [-0.3, -0.25) is 4.79 Å². The Morgan fingerprint density at radius 1 is 1.42 bits per heavy atom. The second kappa shape index (κ2) is 7.79. The molecule has 1 atom stereocenters. The summed E-state index contributed by atoms with van der Waals surface area (Å²) in [6.07, 6.45) is 1.02. The Balaban J connectivity index is 2.54. The summed E-state index contributed by atoms with van der Waals surface area (Å²) < 4.78 is 5.29. The van der Waals surface area contributed by atoms with Crippen molar-refractivity contribution in [3.05, 3.63) is 29.8 Å². The topological polar surface area (TPSA) is 41.6 Å². The number of rotatable bonds is 7. The summed E-state index contributed by atoms with van der Waals surface area (Å²) in [6.45, 7) is 5.11. The van der Waals surface area contributed by atoms with Crippen LogP contribution < -0.4 is 10.1 Å². The number of hydrogen-bond acceptors (Lipinski definition) is 3. The number of nitrogens with zero attached hydrogens (tertiary/aromatic N) is 1. The summed E-state index contributed by atoms with van der Waals surface area (Å²) >= 11 is 0. The number of hydrogen-bond donors (Lipinski definition) is 1. The lowest BCUT2D eigenvalue weighted by Crippen LogP contribution is -2.38. The highest BCUT2D eigenvalue weighted by Crippen LogP contribution is 2.18. The van der Waals surface area contributed by atoms with Gasteiger partial charge in [-0.2, -0.15) is 0 Å². The predicted octanol–water partition coefficient (Wildman–Crippen LogP) is 2.04. The molecule has 1 rings (SSSR count). The maximum atomic E-state index is 12.0. The summed E-state index contributed by atoms with van der Waals surface area (Å²) in [7, 11) is 3.46. The first-order valence-electron chi connectivity index (χ1n) is 6.67. The molecule has 0 aromatic heterocycles. The molecule has 1 aromatic carbocycles. The van der Waals surface area contributed by atoms with Crippen molar-refractivity contribution >= 4 is 5.91 Å². The van der Waals surface area contributed by atoms with E-state index in [0.29, 0.717) is 19.1 Å². The zero-order valence-electron chi connectivity index (χ0n) is 12.3. The van der Waals surface area contributed by atoms with Crippen LogP contribution in [0.25, 0.3) is 0 Å². The molecule has 1 aromatic rings. The third-order valence-electron chi connectivity index (χ3n) is 3.24. The van der Waals surface area contributed by atoms with Crippen molar-refractivity contribution in [2.45, 2.75) is 32.9 Å². The molecule has 0 radical (unpaired) electrons. The van der Waals surface area contributed by atoms with E-state index in [4.69, 9.17) is 4.74 Å². The molecule has 0 saturated carbocycles. The normalized spacial score (nSPS) is 12.0. The molecule has 0 heterocycles. The molecule has 0 spiro atoms. The van der Waals surface area contributed by atoms with Crippen LogP contribution in [0.2, 0.25) is 0 Å². The van der Waals surface area contributed by atoms with Gasteiger partial charge in [-0.25, -0.2) is 0 Å². The number of carbonyl (C=O) groups is 1. The Labute approximate surface area is 115 Å². The fourth-order valence-electron chi connectivity index (χ4n) is 1.72. The predicted molar refractivity (Wildman–Crippen MR) is 77.2 cm³/mol. The molecule has 19 heavy (non-hydrogen) atoms. The smallest absolute Gasteiger partial charge is 0.236 e. The van der Waals surface area contributed by atoms with Gasteiger partial charge in [-0.1, -0.05) is 25.1 Å². The molecule has 1 unspecified atom stereocenters. The number of ether oxygens (including phenoxy) is 1. The minimum absolute atomic E-state index is 0.0891. The third-order valence-corrected chi connectivity index (χ3v) is 3.24. The Hall–Kier alpha value is -1.55. The van der Waals surface area contributed by atoms with Crippen LogP contribution in [0.1, 0.15) is 25.8 Å². The van der Waals surface area contributed by atoms with Gasteiger partial charge in [0, 0.05) is 25.2 Å². The Bertz CT molecular complexity index is 407. The fraction of sp³-hybridized carbons (Fsp3) is 0.533. The van der Waals surface area contributed by atoms with Crippen LogP contribution in [-0.4, -0.2) is 37.6 Å². The van der Waals surface area contributed by atoms with Gasteiger partial charge in [-0.05, 0) is 19.4 Å². The lowest BCUT2D eigenvalue weighted by Gasteiger charge is -2.20. The summed E-state index contributed by atoms with van der Waals surface area (Å²) in [4.78, 5) is 13.7. The van der Waals surface area contributed by atoms with Crippen molar-refractivity contribution in [3.63, 3.8) is 0 Å². The van der Waals surface area contributed by atoms with Crippen LogP contribution in [0.3, 0.4) is 0 Å². The molecule has 0 aliphatic carbocycles. The molecule has 0 aliphatic rings. The number of benzene rings is 1. The molecule has 0 aliphatic heterocycles. The summed E-state index contributed by atoms with van der Waals surface area (Å²) in [5, 5.41) is 3.20. The number of para-hydroxylation sites is 1. The van der Waals surface area contributed by atoms with E-state index >= 15 is 0 Å². The monoisotopic (exact) mass is 264 g/mol. The van der Waals surface area contributed by atoms with Crippen LogP contribution in [0.5, 0.6) is 5.75 Å². The van der Waals surface area contributed by atoms with Crippen LogP contribution >= 0.6 is 0 Å². The van der Waals surface area contributed by atoms with E-state index in [1.165, 1.54) is 0 Å². The van der Waals surface area contributed by atoms with Crippen LogP contribution in [0.4, 0.5) is 0 Å². The first-order chi connectivity index (χ1) is 9.08. The zero-order valence-corrected chi connectivity index (χ0v) is 12.3. The van der Waals surface area contributed by atoms with Crippen molar-refractivity contribution < 1.29 is 9.53 Å². The second-order valence-corrected chi connectivity index (χ2v) is 4.75. The summed E-state index contributed by atoms with van der Waals surface area (Å²) in [5.41, 5.74) is 1.02. The standard InChI is InChI=1S/C15H24N2O2/c1-5-12(2)16-10-15(18)17(3)11-13-8-6-7-9-14(13)19-4/h6-9,12,16H,5,10-11H2,1-4H3. The van der Waals surface area contributed by atoms with Gasteiger partial charge >= 0.3 is 0 Å². The average Bonchev–Trinajstić information content (AvgIpc) is 2.44. The van der Waals surface area contributed by atoms with Crippen molar-refractivity contribution in [2.75, 3.05) is 20.7 Å². The number of nitrogens with one attached hydrogen (secondary N) is 1. The van der Waals surface area contributed by atoms with E-state index in [9.17, 15) is 4.79 Å². The molecule has 4 heteroatoms. The number of carbonyl (C=O) groups excluding carboxylic acids is 1. The molecule has 106 valence electrons. The van der Waals surface area contributed by atoms with Crippen molar-refractivity contribution in [2.24, 2.45) is 0 Å². The Morgan fingerprint density at radius 3 is 2.74 bits per heavy atom. The van der Waals surface area contributed by atoms with Crippen LogP contribution in [-0.2, 0) is 11.3 Å². The molecule has 0 saturated heterocycles. The number of likely N-dealkylation sites (N-methyl/N-ethyl adjacent to an activating group) is 1. The van der Waals surface area contributed by atoms with Crippen LogP contribution in [0.15, 0.2) is 24.3 Å². The Kier molecular flexibility index (Phi) is 6.36. The molecule has 1 amide bonds. The highest BCUT2D eigenvalue weighted by atomic mass is 16.5. The van der Waals surface area contributed by atoms with E-state index in [1.54, 1.807) is 12.0 Å². The SMILES string of the molecule is CCC(C)NCC(=O)N(C)Cc1ccccc1OC. The second-order valence-electron chi connectivity index (χ2n) is 4.75. The van der Waals surface area contributed by atoms with E-state index in [0.717, 1.165) is 17.7 Å². The quantitative estimate of drug-likeness (QED) is 0.819. The molecular weight excluding hydrogens is 240 g/mol. The van der Waals surface area contributed by atoms with Crippen molar-refractivity contribution in [1.82, 2.24) is 10.2 Å². The molecular formula is C15H24N2O2. The highest BCUT2D eigenvalue weighted by Gasteiger charge is 2.12. The van der Waals surface area contributed by atoms with Gasteiger partial charge in [0.2, 0.25) is 5.91 Å². The largest absolute Gasteiger partial charge is 0.496 e. The third kappa shape index (κ3) is 4.91. The molecule has 0 bridgehead atoms. The van der Waals surface area contributed by atoms with Gasteiger partial charge in [0.15, 0.2) is 0 Å². The van der Waals surface area contributed by atoms with E-state index < -0.39 is 0 Å². The van der Waals surface area contributed by atoms with Crippen LogP contribution in [0, 0.1) is 0 Å². The van der Waals surface area contributed by atoms with Gasteiger partial charge in [0.25, 0.3) is 0 Å². The number of methoxy groups -OCH3 is 1. The summed E-state index contributed by atoms with van der Waals surface area (Å²) in [6, 6.07) is 8.13. The van der Waals surface area contributed by atoms with Crippen molar-refractivity contribution in [3.8, 4) is 5.75 Å².